The molecule has 0 fully saturated rings. The smallest absolute Gasteiger partial charge is 0.258 e. The van der Waals surface area contributed by atoms with Gasteiger partial charge >= 0.3 is 0 Å². The molecule has 0 atom stereocenters. The summed E-state index contributed by atoms with van der Waals surface area (Å²) in [5, 5.41) is 6.74. The van der Waals surface area contributed by atoms with Gasteiger partial charge in [-0.1, -0.05) is 6.07 Å². The maximum Gasteiger partial charge on any atom is 0.258 e. The molecule has 0 radical (unpaired) electrons. The van der Waals surface area contributed by atoms with E-state index in [0.717, 1.165) is 45.3 Å². The summed E-state index contributed by atoms with van der Waals surface area (Å²) in [4.78, 5) is 22.1. The number of nitrogens with zero attached hydrogens (tertiary/aromatic N) is 2. The van der Waals surface area contributed by atoms with Crippen LogP contribution < -0.4 is 15.5 Å². The molecule has 2 aromatic heterocycles. The largest absolute Gasteiger partial charge is 0.366 e. The normalized spacial score (nSPS) is 12.7. The number of hydrogen-bond acceptors (Lipinski definition) is 4. The highest BCUT2D eigenvalue weighted by molar-refractivity contribution is 6.10. The zero-order valence-corrected chi connectivity index (χ0v) is 16.5. The number of aryl methyl sites for hydroxylation is 1. The van der Waals surface area contributed by atoms with Gasteiger partial charge in [-0.05, 0) is 67.1 Å². The van der Waals surface area contributed by atoms with Crippen molar-refractivity contribution in [3.63, 3.8) is 0 Å². The lowest BCUT2D eigenvalue weighted by atomic mass is 10.1. The van der Waals surface area contributed by atoms with Gasteiger partial charge in [0.05, 0.1) is 12.2 Å². The van der Waals surface area contributed by atoms with Gasteiger partial charge in [0.1, 0.15) is 0 Å². The van der Waals surface area contributed by atoms with Crippen molar-refractivity contribution in [1.29, 1.82) is 0 Å². The van der Waals surface area contributed by atoms with Gasteiger partial charge in [0.15, 0.2) is 0 Å². The summed E-state index contributed by atoms with van der Waals surface area (Å²) in [7, 11) is 0. The summed E-state index contributed by atoms with van der Waals surface area (Å²) in [5.74, 6) is 0.0232. The number of amides is 1. The minimum Gasteiger partial charge on any atom is -0.366 e. The van der Waals surface area contributed by atoms with Crippen LogP contribution in [-0.4, -0.2) is 15.9 Å². The number of anilines is 5. The Balaban J connectivity index is 1.37. The molecule has 2 aromatic carbocycles. The molecule has 1 aliphatic rings. The Morgan fingerprint density at radius 1 is 0.933 bits per heavy atom. The van der Waals surface area contributed by atoms with Crippen LogP contribution in [0.2, 0.25) is 0 Å². The highest BCUT2D eigenvalue weighted by Gasteiger charge is 2.28. The van der Waals surface area contributed by atoms with Crippen molar-refractivity contribution in [2.24, 2.45) is 0 Å². The minimum atomic E-state index is 0.0232. The van der Waals surface area contributed by atoms with Gasteiger partial charge in [-0.3, -0.25) is 9.78 Å². The molecule has 0 spiro atoms. The first-order valence-electron chi connectivity index (χ1n) is 9.80. The summed E-state index contributed by atoms with van der Waals surface area (Å²) in [6.45, 7) is 2.51. The molecule has 3 heterocycles. The number of pyridine rings is 1. The molecular weight excluding hydrogens is 374 g/mol. The SMILES string of the molecule is Cc1cc(Nc2ccc3c(c2)CN(c2cccc(Nc4cc[nH]c4)c2)C3=O)ccn1. The molecule has 6 nitrogen and oxygen atoms in total. The molecule has 4 aromatic rings. The highest BCUT2D eigenvalue weighted by Crippen LogP contribution is 2.32. The van der Waals surface area contributed by atoms with Crippen molar-refractivity contribution >= 4 is 34.3 Å². The Bertz CT molecular complexity index is 1220. The lowest BCUT2D eigenvalue weighted by molar-refractivity contribution is 0.0996. The van der Waals surface area contributed by atoms with Crippen LogP contribution >= 0.6 is 0 Å². The topological polar surface area (TPSA) is 73.0 Å². The Kier molecular flexibility index (Phi) is 4.44. The third-order valence-electron chi connectivity index (χ3n) is 5.14. The van der Waals surface area contributed by atoms with Crippen molar-refractivity contribution in [1.82, 2.24) is 9.97 Å². The van der Waals surface area contributed by atoms with Crippen LogP contribution in [0.4, 0.5) is 28.4 Å². The third kappa shape index (κ3) is 3.51. The zero-order chi connectivity index (χ0) is 20.5. The van der Waals surface area contributed by atoms with E-state index in [2.05, 4.69) is 20.6 Å². The van der Waals surface area contributed by atoms with E-state index >= 15 is 0 Å². The molecule has 0 saturated heterocycles. The highest BCUT2D eigenvalue weighted by atomic mass is 16.2. The number of hydrogen-bond donors (Lipinski definition) is 3. The predicted molar refractivity (Wildman–Crippen MR) is 120 cm³/mol. The number of fused-ring (bicyclic) bond motifs is 1. The molecule has 1 aliphatic heterocycles. The number of H-pyrrole nitrogens is 1. The number of aromatic amines is 1. The monoisotopic (exact) mass is 395 g/mol. The fourth-order valence-corrected chi connectivity index (χ4v) is 3.72. The van der Waals surface area contributed by atoms with Gasteiger partial charge in [0, 0.05) is 52.6 Å². The van der Waals surface area contributed by atoms with E-state index in [-0.39, 0.29) is 5.91 Å². The van der Waals surface area contributed by atoms with E-state index in [1.807, 2.05) is 84.9 Å². The molecule has 0 bridgehead atoms. The van der Waals surface area contributed by atoms with Gasteiger partial charge in [0.2, 0.25) is 0 Å². The first-order valence-corrected chi connectivity index (χ1v) is 9.80. The Morgan fingerprint density at radius 3 is 2.60 bits per heavy atom. The summed E-state index contributed by atoms with van der Waals surface area (Å²) in [6, 6.07) is 19.7. The molecule has 30 heavy (non-hydrogen) atoms. The van der Waals surface area contributed by atoms with E-state index in [0.29, 0.717) is 6.54 Å². The molecular formula is C24H21N5O. The van der Waals surface area contributed by atoms with E-state index in [1.54, 1.807) is 6.20 Å². The maximum atomic E-state index is 13.0. The van der Waals surface area contributed by atoms with E-state index in [1.165, 1.54) is 0 Å². The standard InChI is InChI=1S/C24H21N5O/c1-16-11-20(8-10-26-16)27-19-5-6-23-17(12-19)15-29(24(23)30)22-4-2-3-18(13-22)28-21-7-9-25-14-21/h2-14,25,28H,15H2,1H3,(H,26,27). The van der Waals surface area contributed by atoms with E-state index in [9.17, 15) is 4.79 Å². The van der Waals surface area contributed by atoms with Crippen LogP contribution in [0, 0.1) is 6.92 Å². The summed E-state index contributed by atoms with van der Waals surface area (Å²) in [6.07, 6.45) is 5.54. The van der Waals surface area contributed by atoms with Crippen molar-refractivity contribution in [3.8, 4) is 0 Å². The molecule has 1 amide bonds. The lowest BCUT2D eigenvalue weighted by Crippen LogP contribution is -2.22. The average Bonchev–Trinajstić information content (AvgIpc) is 3.36. The summed E-state index contributed by atoms with van der Waals surface area (Å²) >= 11 is 0. The first-order chi connectivity index (χ1) is 14.7. The fourth-order valence-electron chi connectivity index (χ4n) is 3.72. The maximum absolute atomic E-state index is 13.0. The van der Waals surface area contributed by atoms with Gasteiger partial charge in [0.25, 0.3) is 5.91 Å². The Morgan fingerprint density at radius 2 is 1.77 bits per heavy atom. The van der Waals surface area contributed by atoms with Gasteiger partial charge in [-0.25, -0.2) is 0 Å². The Hall–Kier alpha value is -4.06. The first kappa shape index (κ1) is 18.0. The quantitative estimate of drug-likeness (QED) is 0.425. The third-order valence-corrected chi connectivity index (χ3v) is 5.14. The van der Waals surface area contributed by atoms with Crippen molar-refractivity contribution in [2.75, 3.05) is 15.5 Å². The molecule has 5 rings (SSSR count). The van der Waals surface area contributed by atoms with Gasteiger partial charge < -0.3 is 20.5 Å². The van der Waals surface area contributed by atoms with Crippen LogP contribution in [0.5, 0.6) is 0 Å². The van der Waals surface area contributed by atoms with E-state index in [4.69, 9.17) is 0 Å². The second kappa shape index (κ2) is 7.40. The molecule has 0 aliphatic carbocycles. The van der Waals surface area contributed by atoms with Crippen LogP contribution in [0.15, 0.2) is 79.3 Å². The predicted octanol–water partition coefficient (Wildman–Crippen LogP) is 5.37. The van der Waals surface area contributed by atoms with Crippen molar-refractivity contribution in [3.05, 3.63) is 96.1 Å². The number of benzene rings is 2. The second-order valence-corrected chi connectivity index (χ2v) is 7.35. The van der Waals surface area contributed by atoms with Gasteiger partial charge in [-0.2, -0.15) is 0 Å². The number of rotatable bonds is 5. The minimum absolute atomic E-state index is 0.0232. The number of carbonyl (C=O) groups excluding carboxylic acids is 1. The molecule has 148 valence electrons. The molecule has 6 heteroatoms. The lowest BCUT2D eigenvalue weighted by Gasteiger charge is -2.17. The summed E-state index contributed by atoms with van der Waals surface area (Å²) in [5.41, 5.74) is 7.43. The summed E-state index contributed by atoms with van der Waals surface area (Å²) < 4.78 is 0. The van der Waals surface area contributed by atoms with Crippen LogP contribution in [0.1, 0.15) is 21.6 Å². The number of carbonyl (C=O) groups is 1. The second-order valence-electron chi connectivity index (χ2n) is 7.35. The molecule has 0 saturated carbocycles. The van der Waals surface area contributed by atoms with Crippen LogP contribution in [0.3, 0.4) is 0 Å². The van der Waals surface area contributed by atoms with Crippen LogP contribution in [0.25, 0.3) is 0 Å². The number of aromatic nitrogens is 2. The van der Waals surface area contributed by atoms with Gasteiger partial charge in [-0.15, -0.1) is 0 Å². The Labute approximate surface area is 174 Å². The van der Waals surface area contributed by atoms with Crippen LogP contribution in [-0.2, 0) is 6.54 Å². The zero-order valence-electron chi connectivity index (χ0n) is 16.5. The number of nitrogens with one attached hydrogen (secondary N) is 3. The van der Waals surface area contributed by atoms with Crippen molar-refractivity contribution < 1.29 is 4.79 Å². The molecule has 3 N–H and O–H groups in total. The van der Waals surface area contributed by atoms with Crippen molar-refractivity contribution in [2.45, 2.75) is 13.5 Å². The van der Waals surface area contributed by atoms with E-state index < -0.39 is 0 Å². The molecule has 0 unspecified atom stereocenters. The average molecular weight is 395 g/mol. The fraction of sp³-hybridized carbons (Fsp3) is 0.0833.